The summed E-state index contributed by atoms with van der Waals surface area (Å²) in [4.78, 5) is 23.8. The third-order valence-corrected chi connectivity index (χ3v) is 2.25. The highest BCUT2D eigenvalue weighted by Gasteiger charge is 2.38. The van der Waals surface area contributed by atoms with E-state index in [4.69, 9.17) is 5.73 Å². The predicted molar refractivity (Wildman–Crippen MR) is 47.2 cm³/mol. The van der Waals surface area contributed by atoms with Crippen molar-refractivity contribution < 1.29 is 19.4 Å². The average Bonchev–Trinajstić information content (AvgIpc) is 2.58. The van der Waals surface area contributed by atoms with Crippen LogP contribution in [0.5, 0.6) is 0 Å². The third kappa shape index (κ3) is 2.02. The molecule has 1 heterocycles. The molecule has 2 atom stereocenters. The molecule has 0 radical (unpaired) electrons. The Labute approximate surface area is 81.6 Å². The highest BCUT2D eigenvalue weighted by molar-refractivity contribution is 5.86. The van der Waals surface area contributed by atoms with Crippen LogP contribution in [0.25, 0.3) is 0 Å². The first-order chi connectivity index (χ1) is 6.60. The van der Waals surface area contributed by atoms with Crippen LogP contribution in [0, 0.1) is 0 Å². The molecule has 1 aliphatic rings. The number of aliphatic hydroxyl groups is 1. The minimum atomic E-state index is -0.689. The van der Waals surface area contributed by atoms with E-state index in [1.54, 1.807) is 0 Å². The topological polar surface area (TPSA) is 92.9 Å². The van der Waals surface area contributed by atoms with Crippen molar-refractivity contribution in [1.82, 2.24) is 4.90 Å². The SMILES string of the molecule is COC(=O)C1CC(O)CN1C(=O)CN. The van der Waals surface area contributed by atoms with Crippen LogP contribution in [-0.2, 0) is 14.3 Å². The number of ether oxygens (including phenoxy) is 1. The van der Waals surface area contributed by atoms with Crippen molar-refractivity contribution in [3.63, 3.8) is 0 Å². The molecule has 6 nitrogen and oxygen atoms in total. The predicted octanol–water partition coefficient (Wildman–Crippen LogP) is -1.92. The van der Waals surface area contributed by atoms with E-state index in [0.717, 1.165) is 0 Å². The van der Waals surface area contributed by atoms with Gasteiger partial charge in [0.1, 0.15) is 6.04 Å². The molecule has 0 saturated carbocycles. The fraction of sp³-hybridized carbons (Fsp3) is 0.750. The number of rotatable bonds is 2. The van der Waals surface area contributed by atoms with Crippen molar-refractivity contribution in [3.8, 4) is 0 Å². The van der Waals surface area contributed by atoms with E-state index in [0.29, 0.717) is 0 Å². The minimum Gasteiger partial charge on any atom is -0.467 e. The van der Waals surface area contributed by atoms with Gasteiger partial charge in [-0.1, -0.05) is 0 Å². The first kappa shape index (κ1) is 10.9. The number of methoxy groups -OCH3 is 1. The molecule has 0 aromatic heterocycles. The molecule has 1 fully saturated rings. The number of hydrogen-bond donors (Lipinski definition) is 2. The second kappa shape index (κ2) is 4.39. The van der Waals surface area contributed by atoms with Crippen molar-refractivity contribution in [1.29, 1.82) is 0 Å². The zero-order valence-corrected chi connectivity index (χ0v) is 7.97. The number of likely N-dealkylation sites (tertiary alicyclic amines) is 1. The average molecular weight is 202 g/mol. The number of carbonyl (C=O) groups excluding carboxylic acids is 2. The van der Waals surface area contributed by atoms with Crippen LogP contribution in [0.1, 0.15) is 6.42 Å². The Hall–Kier alpha value is -1.14. The number of amides is 1. The van der Waals surface area contributed by atoms with Crippen LogP contribution in [-0.4, -0.2) is 54.2 Å². The summed E-state index contributed by atoms with van der Waals surface area (Å²) in [5.41, 5.74) is 5.18. The van der Waals surface area contributed by atoms with Crippen molar-refractivity contribution in [3.05, 3.63) is 0 Å². The summed E-state index contributed by atoms with van der Waals surface area (Å²) in [7, 11) is 1.25. The lowest BCUT2D eigenvalue weighted by Crippen LogP contribution is -2.44. The zero-order valence-electron chi connectivity index (χ0n) is 7.97. The number of esters is 1. The maximum atomic E-state index is 11.3. The van der Waals surface area contributed by atoms with Gasteiger partial charge in [0.15, 0.2) is 0 Å². The summed E-state index contributed by atoms with van der Waals surface area (Å²) >= 11 is 0. The molecule has 0 aliphatic carbocycles. The third-order valence-electron chi connectivity index (χ3n) is 2.25. The molecule has 0 spiro atoms. The van der Waals surface area contributed by atoms with Gasteiger partial charge in [-0.05, 0) is 0 Å². The summed E-state index contributed by atoms with van der Waals surface area (Å²) in [5, 5.41) is 9.32. The van der Waals surface area contributed by atoms with Gasteiger partial charge in [-0.25, -0.2) is 4.79 Å². The summed E-state index contributed by atoms with van der Waals surface area (Å²) in [6, 6.07) is -0.689. The maximum absolute atomic E-state index is 11.3. The molecule has 80 valence electrons. The molecule has 0 bridgehead atoms. The van der Waals surface area contributed by atoms with E-state index in [1.807, 2.05) is 0 Å². The molecule has 2 unspecified atom stereocenters. The van der Waals surface area contributed by atoms with E-state index in [2.05, 4.69) is 4.74 Å². The van der Waals surface area contributed by atoms with E-state index >= 15 is 0 Å². The number of β-amino-alcohol motifs (C(OH)–C–C–N with tert-alkyl or cyclic N) is 1. The summed E-state index contributed by atoms with van der Waals surface area (Å²) in [6.07, 6.45) is -0.451. The largest absolute Gasteiger partial charge is 0.467 e. The van der Waals surface area contributed by atoms with Gasteiger partial charge in [0, 0.05) is 13.0 Å². The smallest absolute Gasteiger partial charge is 0.328 e. The second-order valence-corrected chi connectivity index (χ2v) is 3.18. The second-order valence-electron chi connectivity index (χ2n) is 3.18. The number of nitrogens with two attached hydrogens (primary N) is 1. The van der Waals surface area contributed by atoms with Crippen molar-refractivity contribution >= 4 is 11.9 Å². The summed E-state index contributed by atoms with van der Waals surface area (Å²) in [6.45, 7) is -0.0178. The lowest BCUT2D eigenvalue weighted by atomic mass is 10.2. The lowest BCUT2D eigenvalue weighted by molar-refractivity contribution is -0.150. The molecule has 3 N–H and O–H groups in total. The first-order valence-corrected chi connectivity index (χ1v) is 4.35. The Bertz CT molecular complexity index is 219. The van der Waals surface area contributed by atoms with Gasteiger partial charge < -0.3 is 20.5 Å². The summed E-state index contributed by atoms with van der Waals surface area (Å²) < 4.78 is 4.52. The van der Waals surface area contributed by atoms with E-state index in [9.17, 15) is 14.7 Å². The molecule has 1 rings (SSSR count). The standard InChI is InChI=1S/C8H14N2O4/c1-14-8(13)6-2-5(11)4-10(6)7(12)3-9/h5-6,11H,2-4,9H2,1H3. The monoisotopic (exact) mass is 202 g/mol. The molecule has 0 aromatic carbocycles. The summed E-state index contributed by atoms with van der Waals surface area (Å²) in [5.74, 6) is -0.861. The molecule has 1 saturated heterocycles. The van der Waals surface area contributed by atoms with Crippen molar-refractivity contribution in [2.24, 2.45) is 5.73 Å². The fourth-order valence-corrected chi connectivity index (χ4v) is 1.57. The van der Waals surface area contributed by atoms with Gasteiger partial charge in [0.05, 0.1) is 19.8 Å². The maximum Gasteiger partial charge on any atom is 0.328 e. The lowest BCUT2D eigenvalue weighted by Gasteiger charge is -2.21. The van der Waals surface area contributed by atoms with Gasteiger partial charge in [-0.3, -0.25) is 4.79 Å². The Morgan fingerprint density at radius 3 is 2.79 bits per heavy atom. The van der Waals surface area contributed by atoms with Crippen LogP contribution in [0.3, 0.4) is 0 Å². The number of carbonyl (C=O) groups is 2. The van der Waals surface area contributed by atoms with Gasteiger partial charge in [0.25, 0.3) is 0 Å². The zero-order chi connectivity index (χ0) is 10.7. The van der Waals surface area contributed by atoms with Gasteiger partial charge in [-0.2, -0.15) is 0 Å². The number of aliphatic hydroxyl groups excluding tert-OH is 1. The molecule has 6 heteroatoms. The highest BCUT2D eigenvalue weighted by atomic mass is 16.5. The highest BCUT2D eigenvalue weighted by Crippen LogP contribution is 2.18. The molecule has 1 aliphatic heterocycles. The molecule has 14 heavy (non-hydrogen) atoms. The van der Waals surface area contributed by atoms with Crippen LogP contribution in [0.15, 0.2) is 0 Å². The molecule has 1 amide bonds. The first-order valence-electron chi connectivity index (χ1n) is 4.35. The van der Waals surface area contributed by atoms with E-state index in [-0.39, 0.29) is 25.4 Å². The normalized spacial score (nSPS) is 26.4. The Morgan fingerprint density at radius 1 is 1.64 bits per heavy atom. The Morgan fingerprint density at radius 2 is 2.29 bits per heavy atom. The molecular weight excluding hydrogens is 188 g/mol. The van der Waals surface area contributed by atoms with Crippen LogP contribution >= 0.6 is 0 Å². The van der Waals surface area contributed by atoms with E-state index < -0.39 is 18.1 Å². The molecular formula is C8H14N2O4. The quantitative estimate of drug-likeness (QED) is 0.509. The van der Waals surface area contributed by atoms with Gasteiger partial charge in [0.2, 0.25) is 5.91 Å². The van der Waals surface area contributed by atoms with Crippen molar-refractivity contribution in [2.75, 3.05) is 20.2 Å². The Kier molecular flexibility index (Phi) is 3.43. The van der Waals surface area contributed by atoms with Gasteiger partial charge >= 0.3 is 5.97 Å². The van der Waals surface area contributed by atoms with Crippen LogP contribution < -0.4 is 5.73 Å². The number of hydrogen-bond acceptors (Lipinski definition) is 5. The molecule has 0 aromatic rings. The van der Waals surface area contributed by atoms with Crippen LogP contribution in [0.2, 0.25) is 0 Å². The van der Waals surface area contributed by atoms with E-state index in [1.165, 1.54) is 12.0 Å². The Balaban J connectivity index is 2.72. The minimum absolute atomic E-state index is 0.149. The van der Waals surface area contributed by atoms with Crippen LogP contribution in [0.4, 0.5) is 0 Å². The van der Waals surface area contributed by atoms with Gasteiger partial charge in [-0.15, -0.1) is 0 Å². The van der Waals surface area contributed by atoms with Crippen molar-refractivity contribution in [2.45, 2.75) is 18.6 Å². The number of nitrogens with zero attached hydrogens (tertiary/aromatic N) is 1. The fourth-order valence-electron chi connectivity index (χ4n) is 1.57.